The molecule has 29 heavy (non-hydrogen) atoms. The fourth-order valence-electron chi connectivity index (χ4n) is 4.07. The Morgan fingerprint density at radius 3 is 2.69 bits per heavy atom. The molecule has 0 spiro atoms. The summed E-state index contributed by atoms with van der Waals surface area (Å²) in [6, 6.07) is 2.38. The van der Waals surface area contributed by atoms with Crippen LogP contribution < -0.4 is 5.56 Å². The first-order chi connectivity index (χ1) is 13.9. The normalized spacial score (nSPS) is 15.7. The molecule has 1 aliphatic rings. The molecule has 1 aliphatic heterocycles. The van der Waals surface area contributed by atoms with Crippen LogP contribution in [0.1, 0.15) is 19.6 Å². The first-order valence-electron chi connectivity index (χ1n) is 10.0. The number of furan rings is 1. The molecule has 8 heteroatoms. The predicted molar refractivity (Wildman–Crippen MR) is 112 cm³/mol. The minimum absolute atomic E-state index is 0.0594. The molecule has 3 aromatic rings. The summed E-state index contributed by atoms with van der Waals surface area (Å²) < 4.78 is 8.92. The molecule has 0 bridgehead atoms. The fourth-order valence-corrected chi connectivity index (χ4v) is 4.07. The van der Waals surface area contributed by atoms with Gasteiger partial charge in [-0.25, -0.2) is 4.68 Å². The van der Waals surface area contributed by atoms with Crippen molar-refractivity contribution in [2.75, 3.05) is 26.2 Å². The van der Waals surface area contributed by atoms with E-state index >= 15 is 0 Å². The third-order valence-corrected chi connectivity index (χ3v) is 5.65. The minimum Gasteiger partial charge on any atom is -0.459 e. The average molecular weight is 397 g/mol. The summed E-state index contributed by atoms with van der Waals surface area (Å²) in [5, 5.41) is 4.93. The summed E-state index contributed by atoms with van der Waals surface area (Å²) in [5.74, 6) is 0.693. The Morgan fingerprint density at radius 1 is 1.31 bits per heavy atom. The molecule has 0 saturated carbocycles. The summed E-state index contributed by atoms with van der Waals surface area (Å²) in [4.78, 5) is 30.1. The highest BCUT2D eigenvalue weighted by molar-refractivity contribution is 6.04. The van der Waals surface area contributed by atoms with Crippen molar-refractivity contribution < 1.29 is 9.21 Å². The first kappa shape index (κ1) is 19.4. The second kappa shape index (κ2) is 7.51. The van der Waals surface area contributed by atoms with Crippen LogP contribution in [0.15, 0.2) is 34.1 Å². The molecular formula is C21H27N5O3. The van der Waals surface area contributed by atoms with Gasteiger partial charge in [-0.3, -0.25) is 14.5 Å². The maximum Gasteiger partial charge on any atom is 0.291 e. The molecule has 0 aromatic carbocycles. The zero-order valence-electron chi connectivity index (χ0n) is 17.2. The molecule has 1 saturated heterocycles. The highest BCUT2D eigenvalue weighted by atomic mass is 16.3. The molecule has 0 unspecified atom stereocenters. The second-order valence-corrected chi connectivity index (χ2v) is 7.85. The molecular weight excluding hydrogens is 370 g/mol. The lowest BCUT2D eigenvalue weighted by molar-refractivity contribution is -0.134. The highest BCUT2D eigenvalue weighted by Crippen LogP contribution is 2.29. The molecule has 1 amide bonds. The van der Waals surface area contributed by atoms with E-state index in [0.29, 0.717) is 42.2 Å². The van der Waals surface area contributed by atoms with Gasteiger partial charge in [0, 0.05) is 44.8 Å². The van der Waals surface area contributed by atoms with Crippen molar-refractivity contribution in [3.8, 4) is 0 Å². The van der Waals surface area contributed by atoms with Crippen molar-refractivity contribution >= 4 is 27.9 Å². The minimum atomic E-state index is -0.289. The molecule has 1 fully saturated rings. The topological polar surface area (TPSA) is 76.5 Å². The van der Waals surface area contributed by atoms with Gasteiger partial charge < -0.3 is 13.9 Å². The van der Waals surface area contributed by atoms with Gasteiger partial charge in [-0.15, -0.1) is 6.58 Å². The number of carbonyl (C=O) groups is 1. The van der Waals surface area contributed by atoms with Gasteiger partial charge in [0.2, 0.25) is 5.91 Å². The van der Waals surface area contributed by atoms with Crippen molar-refractivity contribution in [1.82, 2.24) is 24.1 Å². The van der Waals surface area contributed by atoms with Crippen molar-refractivity contribution in [3.05, 3.63) is 41.0 Å². The molecule has 154 valence electrons. The lowest BCUT2D eigenvalue weighted by Gasteiger charge is -2.36. The molecule has 0 N–H and O–H groups in total. The van der Waals surface area contributed by atoms with Gasteiger partial charge in [-0.2, -0.15) is 5.10 Å². The Balaban J connectivity index is 1.64. The van der Waals surface area contributed by atoms with Gasteiger partial charge in [0.15, 0.2) is 5.58 Å². The van der Waals surface area contributed by atoms with E-state index in [0.717, 1.165) is 24.4 Å². The fraction of sp³-hybridized carbons (Fsp3) is 0.476. The molecule has 3 aromatic heterocycles. The van der Waals surface area contributed by atoms with E-state index in [4.69, 9.17) is 4.42 Å². The Hall–Kier alpha value is -2.87. The number of fused-ring (bicyclic) bond motifs is 3. The van der Waals surface area contributed by atoms with Gasteiger partial charge in [0.05, 0.1) is 17.1 Å². The third-order valence-electron chi connectivity index (χ3n) is 5.65. The van der Waals surface area contributed by atoms with Crippen molar-refractivity contribution in [1.29, 1.82) is 0 Å². The van der Waals surface area contributed by atoms with E-state index in [-0.39, 0.29) is 18.0 Å². The van der Waals surface area contributed by atoms with Crippen LogP contribution in [0, 0.1) is 6.92 Å². The van der Waals surface area contributed by atoms with Crippen LogP contribution in [0.3, 0.4) is 0 Å². The molecule has 4 heterocycles. The second-order valence-electron chi connectivity index (χ2n) is 7.85. The van der Waals surface area contributed by atoms with Gasteiger partial charge in [-0.1, -0.05) is 6.08 Å². The average Bonchev–Trinajstić information content (AvgIpc) is 3.21. The molecule has 0 atom stereocenters. The van der Waals surface area contributed by atoms with E-state index in [1.54, 1.807) is 12.3 Å². The van der Waals surface area contributed by atoms with Crippen molar-refractivity contribution in [2.24, 2.45) is 0 Å². The summed E-state index contributed by atoms with van der Waals surface area (Å²) >= 11 is 0. The zero-order chi connectivity index (χ0) is 20.7. The summed E-state index contributed by atoms with van der Waals surface area (Å²) in [5.41, 5.74) is 1.69. The van der Waals surface area contributed by atoms with Gasteiger partial charge in [0.1, 0.15) is 17.8 Å². The summed E-state index contributed by atoms with van der Waals surface area (Å²) in [6.07, 6.45) is 3.36. The molecule has 0 radical (unpaired) electrons. The van der Waals surface area contributed by atoms with Crippen LogP contribution in [0.25, 0.3) is 22.0 Å². The van der Waals surface area contributed by atoms with Gasteiger partial charge in [0.25, 0.3) is 5.56 Å². The summed E-state index contributed by atoms with van der Waals surface area (Å²) in [6.45, 7) is 13.4. The van der Waals surface area contributed by atoms with Crippen LogP contribution in [0.4, 0.5) is 0 Å². The van der Waals surface area contributed by atoms with Gasteiger partial charge >= 0.3 is 0 Å². The van der Waals surface area contributed by atoms with Crippen LogP contribution in [-0.2, 0) is 17.9 Å². The predicted octanol–water partition coefficient (Wildman–Crippen LogP) is 1.99. The lowest BCUT2D eigenvalue weighted by atomic mass is 10.2. The number of aryl methyl sites for hydroxylation is 1. The number of hydrogen-bond donors (Lipinski definition) is 0. The largest absolute Gasteiger partial charge is 0.459 e. The standard InChI is InChI=1S/C21H27N5O3/c1-5-6-25-17-11-15(4)29-20(17)16-12-22-26(21(28)19(16)25)13-18(27)24-9-7-23(8-10-24)14(2)3/h5,11-12,14H,1,6-10,13H2,2-4H3. The smallest absolute Gasteiger partial charge is 0.291 e. The van der Waals surface area contributed by atoms with E-state index in [9.17, 15) is 9.59 Å². The maximum absolute atomic E-state index is 13.2. The van der Waals surface area contributed by atoms with Crippen molar-refractivity contribution in [2.45, 2.75) is 39.9 Å². The number of piperazine rings is 1. The quantitative estimate of drug-likeness (QED) is 0.616. The number of amides is 1. The Bertz CT molecular complexity index is 1130. The lowest BCUT2D eigenvalue weighted by Crippen LogP contribution is -2.51. The van der Waals surface area contributed by atoms with E-state index in [2.05, 4.69) is 30.4 Å². The van der Waals surface area contributed by atoms with E-state index < -0.39 is 0 Å². The first-order valence-corrected chi connectivity index (χ1v) is 10.0. The number of allylic oxidation sites excluding steroid dienone is 1. The van der Waals surface area contributed by atoms with Crippen LogP contribution in [0.5, 0.6) is 0 Å². The van der Waals surface area contributed by atoms with Crippen LogP contribution in [-0.4, -0.2) is 62.3 Å². The SMILES string of the molecule is C=CCn1c2cc(C)oc2c2cnn(CC(=O)N3CCN(C(C)C)CC3)c(=O)c21. The molecule has 0 aliphatic carbocycles. The summed E-state index contributed by atoms with van der Waals surface area (Å²) in [7, 11) is 0. The molecule has 8 nitrogen and oxygen atoms in total. The zero-order valence-corrected chi connectivity index (χ0v) is 17.2. The number of nitrogens with zero attached hydrogens (tertiary/aromatic N) is 5. The molecule has 4 rings (SSSR count). The Morgan fingerprint density at radius 2 is 2.03 bits per heavy atom. The highest BCUT2D eigenvalue weighted by Gasteiger charge is 2.24. The van der Waals surface area contributed by atoms with E-state index in [1.807, 2.05) is 22.5 Å². The number of hydrogen-bond acceptors (Lipinski definition) is 5. The van der Waals surface area contributed by atoms with E-state index in [1.165, 1.54) is 4.68 Å². The Labute approximate surface area is 169 Å². The van der Waals surface area contributed by atoms with Crippen LogP contribution in [0.2, 0.25) is 0 Å². The van der Waals surface area contributed by atoms with Crippen LogP contribution >= 0.6 is 0 Å². The van der Waals surface area contributed by atoms with Gasteiger partial charge in [-0.05, 0) is 20.8 Å². The number of carbonyl (C=O) groups excluding carboxylic acids is 1. The number of rotatable bonds is 5. The third kappa shape index (κ3) is 3.37. The Kier molecular flexibility index (Phi) is 5.04. The monoisotopic (exact) mass is 397 g/mol. The number of aromatic nitrogens is 3. The maximum atomic E-state index is 13.2. The van der Waals surface area contributed by atoms with Crippen molar-refractivity contribution in [3.63, 3.8) is 0 Å².